The Morgan fingerprint density at radius 2 is 1.89 bits per heavy atom. The number of rotatable bonds is 4. The summed E-state index contributed by atoms with van der Waals surface area (Å²) in [7, 11) is 0. The summed E-state index contributed by atoms with van der Waals surface area (Å²) in [5.41, 5.74) is 1.30. The van der Waals surface area contributed by atoms with Gasteiger partial charge in [-0.2, -0.15) is 0 Å². The van der Waals surface area contributed by atoms with Gasteiger partial charge in [0.25, 0.3) is 0 Å². The first kappa shape index (κ1) is 14.5. The van der Waals surface area contributed by atoms with Gasteiger partial charge in [-0.25, -0.2) is 4.39 Å². The molecule has 0 heterocycles. The first-order chi connectivity index (χ1) is 9.03. The molecule has 1 fully saturated rings. The van der Waals surface area contributed by atoms with Crippen LogP contribution in [0.15, 0.2) is 24.3 Å². The Morgan fingerprint density at radius 1 is 1.26 bits per heavy atom. The van der Waals surface area contributed by atoms with Crippen LogP contribution in [0.4, 0.5) is 4.39 Å². The molecule has 1 aromatic carbocycles. The van der Waals surface area contributed by atoms with Gasteiger partial charge in [-0.3, -0.25) is 0 Å². The van der Waals surface area contributed by atoms with Crippen molar-refractivity contribution < 1.29 is 4.39 Å². The highest BCUT2D eigenvalue weighted by atomic mass is 19.1. The zero-order chi connectivity index (χ0) is 13.9. The predicted octanol–water partition coefficient (Wildman–Crippen LogP) is 4.69. The van der Waals surface area contributed by atoms with Crippen LogP contribution < -0.4 is 5.32 Å². The minimum Gasteiger partial charge on any atom is -0.310 e. The Labute approximate surface area is 116 Å². The first-order valence-corrected chi connectivity index (χ1v) is 7.51. The van der Waals surface area contributed by atoms with Gasteiger partial charge >= 0.3 is 0 Å². The fraction of sp³-hybridized carbons (Fsp3) is 0.647. The van der Waals surface area contributed by atoms with Gasteiger partial charge in [0.1, 0.15) is 5.82 Å². The third-order valence-electron chi connectivity index (χ3n) is 4.52. The highest BCUT2D eigenvalue weighted by Gasteiger charge is 2.32. The Morgan fingerprint density at radius 3 is 2.47 bits per heavy atom. The number of nitrogens with one attached hydrogen (secondary N) is 1. The molecular weight excluding hydrogens is 237 g/mol. The van der Waals surface area contributed by atoms with Gasteiger partial charge in [-0.15, -0.1) is 0 Å². The van der Waals surface area contributed by atoms with Gasteiger partial charge < -0.3 is 5.32 Å². The fourth-order valence-corrected chi connectivity index (χ4v) is 3.23. The highest BCUT2D eigenvalue weighted by molar-refractivity contribution is 5.22. The van der Waals surface area contributed by atoms with Crippen molar-refractivity contribution in [3.8, 4) is 0 Å². The van der Waals surface area contributed by atoms with E-state index in [1.54, 1.807) is 12.1 Å². The Balaban J connectivity index is 2.15. The van der Waals surface area contributed by atoms with Gasteiger partial charge in [0.05, 0.1) is 0 Å². The number of hydrogen-bond acceptors (Lipinski definition) is 1. The van der Waals surface area contributed by atoms with E-state index in [2.05, 4.69) is 26.1 Å². The van der Waals surface area contributed by atoms with Crippen molar-refractivity contribution in [3.05, 3.63) is 35.6 Å². The molecule has 0 amide bonds. The van der Waals surface area contributed by atoms with E-state index in [9.17, 15) is 4.39 Å². The third kappa shape index (κ3) is 3.56. The smallest absolute Gasteiger partial charge is 0.127 e. The average Bonchev–Trinajstić information content (AvgIpc) is 2.38. The van der Waals surface area contributed by atoms with Gasteiger partial charge in [0.15, 0.2) is 0 Å². The van der Waals surface area contributed by atoms with E-state index in [0.717, 1.165) is 12.1 Å². The second kappa shape index (κ2) is 6.04. The highest BCUT2D eigenvalue weighted by Crippen LogP contribution is 2.43. The van der Waals surface area contributed by atoms with E-state index in [1.165, 1.54) is 25.7 Å². The molecule has 0 aliphatic heterocycles. The van der Waals surface area contributed by atoms with Crippen LogP contribution in [-0.2, 0) is 0 Å². The summed E-state index contributed by atoms with van der Waals surface area (Å²) >= 11 is 0. The molecule has 1 atom stereocenters. The lowest BCUT2D eigenvalue weighted by Crippen LogP contribution is -2.33. The van der Waals surface area contributed by atoms with Crippen molar-refractivity contribution in [1.82, 2.24) is 5.32 Å². The standard InChI is InChI=1S/C17H26FN/c1-4-19-16(14-7-5-6-8-15(14)18)13-9-11-17(2,3)12-10-13/h5-8,13,16,19H,4,9-12H2,1-3H3. The molecule has 1 unspecified atom stereocenters. The molecule has 106 valence electrons. The number of halogens is 1. The van der Waals surface area contributed by atoms with E-state index >= 15 is 0 Å². The van der Waals surface area contributed by atoms with Crippen LogP contribution in [0, 0.1) is 17.2 Å². The molecule has 2 heteroatoms. The van der Waals surface area contributed by atoms with Gasteiger partial charge in [0.2, 0.25) is 0 Å². The van der Waals surface area contributed by atoms with E-state index in [1.807, 2.05) is 12.1 Å². The summed E-state index contributed by atoms with van der Waals surface area (Å²) in [6.07, 6.45) is 4.88. The molecule has 0 radical (unpaired) electrons. The largest absolute Gasteiger partial charge is 0.310 e. The maximum Gasteiger partial charge on any atom is 0.127 e. The van der Waals surface area contributed by atoms with Crippen molar-refractivity contribution in [2.75, 3.05) is 6.54 Å². The zero-order valence-corrected chi connectivity index (χ0v) is 12.4. The number of benzene rings is 1. The second-order valence-corrected chi connectivity index (χ2v) is 6.56. The van der Waals surface area contributed by atoms with Crippen LogP contribution in [0.2, 0.25) is 0 Å². The lowest BCUT2D eigenvalue weighted by molar-refractivity contribution is 0.160. The van der Waals surface area contributed by atoms with Crippen molar-refractivity contribution in [1.29, 1.82) is 0 Å². The van der Waals surface area contributed by atoms with Gasteiger partial charge in [-0.1, -0.05) is 39.0 Å². The summed E-state index contributed by atoms with van der Waals surface area (Å²) in [5, 5.41) is 3.50. The third-order valence-corrected chi connectivity index (χ3v) is 4.52. The van der Waals surface area contributed by atoms with E-state index in [4.69, 9.17) is 0 Å². The first-order valence-electron chi connectivity index (χ1n) is 7.51. The molecule has 2 rings (SSSR count). The summed E-state index contributed by atoms with van der Waals surface area (Å²) in [6.45, 7) is 7.67. The maximum absolute atomic E-state index is 14.0. The predicted molar refractivity (Wildman–Crippen MR) is 78.6 cm³/mol. The van der Waals surface area contributed by atoms with Crippen molar-refractivity contribution in [3.63, 3.8) is 0 Å². The normalized spacial score (nSPS) is 21.3. The second-order valence-electron chi connectivity index (χ2n) is 6.56. The minimum atomic E-state index is -0.0710. The molecule has 1 aromatic rings. The topological polar surface area (TPSA) is 12.0 Å². The van der Waals surface area contributed by atoms with Crippen LogP contribution >= 0.6 is 0 Å². The van der Waals surface area contributed by atoms with E-state index < -0.39 is 0 Å². The van der Waals surface area contributed by atoms with Crippen LogP contribution in [0.1, 0.15) is 58.1 Å². The lowest BCUT2D eigenvalue weighted by Gasteiger charge is -2.38. The van der Waals surface area contributed by atoms with Crippen molar-refractivity contribution in [2.45, 2.75) is 52.5 Å². The van der Waals surface area contributed by atoms with Crippen LogP contribution in [0.3, 0.4) is 0 Å². The van der Waals surface area contributed by atoms with Crippen molar-refractivity contribution >= 4 is 0 Å². The molecule has 1 N–H and O–H groups in total. The number of hydrogen-bond donors (Lipinski definition) is 1. The van der Waals surface area contributed by atoms with Gasteiger partial charge in [0, 0.05) is 11.6 Å². The molecule has 0 bridgehead atoms. The summed E-state index contributed by atoms with van der Waals surface area (Å²) in [6, 6.07) is 7.39. The SMILES string of the molecule is CCNC(c1ccccc1F)C1CCC(C)(C)CC1. The van der Waals surface area contributed by atoms with E-state index in [0.29, 0.717) is 11.3 Å². The zero-order valence-electron chi connectivity index (χ0n) is 12.4. The Bertz CT molecular complexity index is 403. The van der Waals surface area contributed by atoms with Gasteiger partial charge in [-0.05, 0) is 49.6 Å². The molecule has 19 heavy (non-hydrogen) atoms. The Hall–Kier alpha value is -0.890. The quantitative estimate of drug-likeness (QED) is 0.830. The molecule has 0 saturated heterocycles. The molecule has 0 spiro atoms. The summed E-state index contributed by atoms with van der Waals surface area (Å²) < 4.78 is 14.0. The Kier molecular flexibility index (Phi) is 4.62. The summed E-state index contributed by atoms with van der Waals surface area (Å²) in [5.74, 6) is 0.489. The van der Waals surface area contributed by atoms with E-state index in [-0.39, 0.29) is 11.9 Å². The van der Waals surface area contributed by atoms with Crippen molar-refractivity contribution in [2.24, 2.45) is 11.3 Å². The molecule has 1 aliphatic carbocycles. The van der Waals surface area contributed by atoms with Crippen LogP contribution in [-0.4, -0.2) is 6.54 Å². The minimum absolute atomic E-state index is 0.0710. The molecular formula is C17H26FN. The van der Waals surface area contributed by atoms with Crippen LogP contribution in [0.5, 0.6) is 0 Å². The summed E-state index contributed by atoms with van der Waals surface area (Å²) in [4.78, 5) is 0. The monoisotopic (exact) mass is 263 g/mol. The fourth-order valence-electron chi connectivity index (χ4n) is 3.23. The van der Waals surface area contributed by atoms with Crippen LogP contribution in [0.25, 0.3) is 0 Å². The average molecular weight is 263 g/mol. The molecule has 1 nitrogen and oxygen atoms in total. The maximum atomic E-state index is 14.0. The lowest BCUT2D eigenvalue weighted by atomic mass is 9.70. The molecule has 0 aromatic heterocycles. The molecule has 1 aliphatic rings. The molecule has 1 saturated carbocycles.